The molecule has 0 unspecified atom stereocenters. The fourth-order valence-electron chi connectivity index (χ4n) is 2.72. The van der Waals surface area contributed by atoms with Gasteiger partial charge in [-0.1, -0.05) is 32.6 Å². The number of carboxylic acid groups (broad SMARTS) is 1. The van der Waals surface area contributed by atoms with Crippen molar-refractivity contribution >= 4 is 12.0 Å². The second kappa shape index (κ2) is 8.82. The highest BCUT2D eigenvalue weighted by Crippen LogP contribution is 2.34. The summed E-state index contributed by atoms with van der Waals surface area (Å²) in [6, 6.07) is -0.102. The first-order valence-corrected chi connectivity index (χ1v) is 7.75. The van der Waals surface area contributed by atoms with E-state index < -0.39 is 5.97 Å². The highest BCUT2D eigenvalue weighted by Gasteiger charge is 2.26. The van der Waals surface area contributed by atoms with Crippen LogP contribution in [0, 0.1) is 5.41 Å². The van der Waals surface area contributed by atoms with Crippen molar-refractivity contribution in [2.24, 2.45) is 5.41 Å². The first-order valence-electron chi connectivity index (χ1n) is 7.75. The molecule has 1 rings (SSSR count). The summed E-state index contributed by atoms with van der Waals surface area (Å²) in [4.78, 5) is 22.0. The van der Waals surface area contributed by atoms with Crippen LogP contribution in [-0.2, 0) is 4.79 Å². The third-order valence-corrected chi connectivity index (χ3v) is 4.09. The molecule has 0 radical (unpaired) electrons. The lowest BCUT2D eigenvalue weighted by atomic mass is 9.76. The minimum atomic E-state index is -0.753. The molecule has 0 aromatic heterocycles. The molecule has 5 heteroatoms. The molecule has 0 saturated heterocycles. The minimum Gasteiger partial charge on any atom is -0.481 e. The lowest BCUT2D eigenvalue weighted by Crippen LogP contribution is -2.42. The van der Waals surface area contributed by atoms with Crippen molar-refractivity contribution in [3.63, 3.8) is 0 Å². The highest BCUT2D eigenvalue weighted by molar-refractivity contribution is 5.73. The standard InChI is InChI=1S/C15H28N2O3/c1-15(9-5-3-6-10-15)12-17-14(20)16-11-7-2-4-8-13(18)19/h2-12H2,1H3,(H,18,19)(H2,16,17,20). The lowest BCUT2D eigenvalue weighted by molar-refractivity contribution is -0.137. The number of carbonyl (C=O) groups excluding carboxylic acids is 1. The van der Waals surface area contributed by atoms with Gasteiger partial charge in [-0.05, 0) is 31.1 Å². The monoisotopic (exact) mass is 284 g/mol. The number of carboxylic acids is 1. The third kappa shape index (κ3) is 7.36. The molecule has 20 heavy (non-hydrogen) atoms. The summed E-state index contributed by atoms with van der Waals surface area (Å²) >= 11 is 0. The van der Waals surface area contributed by atoms with Crippen LogP contribution in [0.3, 0.4) is 0 Å². The van der Waals surface area contributed by atoms with E-state index >= 15 is 0 Å². The second-order valence-corrected chi connectivity index (χ2v) is 6.19. The first-order chi connectivity index (χ1) is 9.52. The molecular weight excluding hydrogens is 256 g/mol. The van der Waals surface area contributed by atoms with Crippen molar-refractivity contribution in [2.45, 2.75) is 64.7 Å². The molecule has 1 saturated carbocycles. The average molecular weight is 284 g/mol. The van der Waals surface area contributed by atoms with Gasteiger partial charge in [0.2, 0.25) is 0 Å². The Bertz CT molecular complexity index is 312. The molecule has 0 aromatic rings. The molecular formula is C15H28N2O3. The number of aliphatic carboxylic acids is 1. The predicted octanol–water partition coefficient (Wildman–Crippen LogP) is 2.90. The van der Waals surface area contributed by atoms with Crippen molar-refractivity contribution < 1.29 is 14.7 Å². The highest BCUT2D eigenvalue weighted by atomic mass is 16.4. The van der Waals surface area contributed by atoms with Crippen molar-refractivity contribution in [3.05, 3.63) is 0 Å². The van der Waals surface area contributed by atoms with Gasteiger partial charge < -0.3 is 15.7 Å². The molecule has 1 aliphatic carbocycles. The van der Waals surface area contributed by atoms with Crippen LogP contribution >= 0.6 is 0 Å². The Morgan fingerprint density at radius 3 is 2.40 bits per heavy atom. The molecule has 0 aliphatic heterocycles. The van der Waals surface area contributed by atoms with Crippen LogP contribution in [0.15, 0.2) is 0 Å². The van der Waals surface area contributed by atoms with Crippen LogP contribution < -0.4 is 10.6 Å². The Labute approximate surface area is 121 Å². The fourth-order valence-corrected chi connectivity index (χ4v) is 2.72. The van der Waals surface area contributed by atoms with Gasteiger partial charge in [-0.15, -0.1) is 0 Å². The molecule has 5 nitrogen and oxygen atoms in total. The number of hydrogen-bond donors (Lipinski definition) is 3. The Morgan fingerprint density at radius 2 is 1.75 bits per heavy atom. The van der Waals surface area contributed by atoms with Crippen LogP contribution in [0.1, 0.15) is 64.7 Å². The summed E-state index contributed by atoms with van der Waals surface area (Å²) < 4.78 is 0. The molecule has 116 valence electrons. The quantitative estimate of drug-likeness (QED) is 0.600. The number of hydrogen-bond acceptors (Lipinski definition) is 2. The number of nitrogens with one attached hydrogen (secondary N) is 2. The zero-order valence-corrected chi connectivity index (χ0v) is 12.5. The summed E-state index contributed by atoms with van der Waals surface area (Å²) in [6.45, 7) is 3.61. The zero-order valence-electron chi connectivity index (χ0n) is 12.5. The Balaban J connectivity index is 2.01. The summed E-state index contributed by atoms with van der Waals surface area (Å²) in [6.07, 6.45) is 8.80. The van der Waals surface area contributed by atoms with Crippen LogP contribution in [0.5, 0.6) is 0 Å². The van der Waals surface area contributed by atoms with E-state index in [-0.39, 0.29) is 17.9 Å². The molecule has 1 aliphatic rings. The normalized spacial score (nSPS) is 17.4. The van der Waals surface area contributed by atoms with Crippen molar-refractivity contribution in [2.75, 3.05) is 13.1 Å². The fraction of sp³-hybridized carbons (Fsp3) is 0.867. The Morgan fingerprint density at radius 1 is 1.05 bits per heavy atom. The molecule has 0 bridgehead atoms. The van der Waals surface area contributed by atoms with Gasteiger partial charge in [0.15, 0.2) is 0 Å². The second-order valence-electron chi connectivity index (χ2n) is 6.19. The van der Waals surface area contributed by atoms with Gasteiger partial charge in [0, 0.05) is 19.5 Å². The van der Waals surface area contributed by atoms with E-state index in [0.29, 0.717) is 13.0 Å². The van der Waals surface area contributed by atoms with E-state index in [1.54, 1.807) is 0 Å². The Hall–Kier alpha value is -1.26. The average Bonchev–Trinajstić information content (AvgIpc) is 2.41. The summed E-state index contributed by atoms with van der Waals surface area (Å²) in [5.41, 5.74) is 0.261. The summed E-state index contributed by atoms with van der Waals surface area (Å²) in [7, 11) is 0. The van der Waals surface area contributed by atoms with E-state index in [2.05, 4.69) is 17.6 Å². The number of unbranched alkanes of at least 4 members (excludes halogenated alkanes) is 2. The number of carbonyl (C=O) groups is 2. The lowest BCUT2D eigenvalue weighted by Gasteiger charge is -2.33. The van der Waals surface area contributed by atoms with E-state index in [4.69, 9.17) is 5.11 Å². The third-order valence-electron chi connectivity index (χ3n) is 4.09. The minimum absolute atomic E-state index is 0.102. The number of amides is 2. The van der Waals surface area contributed by atoms with Crippen LogP contribution in [0.25, 0.3) is 0 Å². The molecule has 0 spiro atoms. The molecule has 0 aromatic carbocycles. The van der Waals surface area contributed by atoms with Gasteiger partial charge >= 0.3 is 12.0 Å². The van der Waals surface area contributed by atoms with Gasteiger partial charge in [-0.3, -0.25) is 4.79 Å². The van der Waals surface area contributed by atoms with E-state index in [0.717, 1.165) is 19.4 Å². The molecule has 2 amide bonds. The van der Waals surface area contributed by atoms with Crippen molar-refractivity contribution in [1.29, 1.82) is 0 Å². The summed E-state index contributed by atoms with van der Waals surface area (Å²) in [5, 5.41) is 14.3. The van der Waals surface area contributed by atoms with Crippen LogP contribution in [0.4, 0.5) is 4.79 Å². The Kier molecular flexibility index (Phi) is 7.41. The largest absolute Gasteiger partial charge is 0.481 e. The molecule has 0 atom stereocenters. The van der Waals surface area contributed by atoms with E-state index in [1.165, 1.54) is 32.1 Å². The van der Waals surface area contributed by atoms with E-state index in [1.807, 2.05) is 0 Å². The number of rotatable bonds is 8. The maximum absolute atomic E-state index is 11.7. The van der Waals surface area contributed by atoms with Crippen LogP contribution in [-0.4, -0.2) is 30.2 Å². The maximum Gasteiger partial charge on any atom is 0.314 e. The summed E-state index contributed by atoms with van der Waals surface area (Å²) in [5.74, 6) is -0.753. The SMILES string of the molecule is CC1(CNC(=O)NCCCCCC(=O)O)CCCCC1. The first kappa shape index (κ1) is 16.8. The van der Waals surface area contributed by atoms with E-state index in [9.17, 15) is 9.59 Å². The van der Waals surface area contributed by atoms with Crippen molar-refractivity contribution in [1.82, 2.24) is 10.6 Å². The number of urea groups is 1. The van der Waals surface area contributed by atoms with Gasteiger partial charge in [-0.25, -0.2) is 4.79 Å². The zero-order chi connectivity index (χ0) is 14.8. The topological polar surface area (TPSA) is 78.4 Å². The van der Waals surface area contributed by atoms with Gasteiger partial charge in [-0.2, -0.15) is 0 Å². The predicted molar refractivity (Wildman–Crippen MR) is 78.7 cm³/mol. The van der Waals surface area contributed by atoms with Gasteiger partial charge in [0.05, 0.1) is 0 Å². The smallest absolute Gasteiger partial charge is 0.314 e. The van der Waals surface area contributed by atoms with Crippen LogP contribution in [0.2, 0.25) is 0 Å². The maximum atomic E-state index is 11.7. The van der Waals surface area contributed by atoms with Gasteiger partial charge in [0.25, 0.3) is 0 Å². The van der Waals surface area contributed by atoms with Crippen molar-refractivity contribution in [3.8, 4) is 0 Å². The molecule has 1 fully saturated rings. The molecule has 0 heterocycles. The molecule has 3 N–H and O–H groups in total. The van der Waals surface area contributed by atoms with Gasteiger partial charge in [0.1, 0.15) is 0 Å².